The molecule has 0 atom stereocenters. The molecule has 1 aromatic heterocycles. The Morgan fingerprint density at radius 2 is 1.89 bits per heavy atom. The molecule has 19 heavy (non-hydrogen) atoms. The van der Waals surface area contributed by atoms with Gasteiger partial charge >= 0.3 is 0 Å². The molecule has 2 aromatic rings. The van der Waals surface area contributed by atoms with Gasteiger partial charge in [-0.3, -0.25) is 9.48 Å². The van der Waals surface area contributed by atoms with Crippen LogP contribution >= 0.6 is 0 Å². The maximum Gasteiger partial charge on any atom is 0.163 e. The fourth-order valence-corrected chi connectivity index (χ4v) is 2.50. The van der Waals surface area contributed by atoms with E-state index in [1.54, 1.807) is 6.92 Å². The van der Waals surface area contributed by atoms with Gasteiger partial charge in [-0.2, -0.15) is 5.10 Å². The van der Waals surface area contributed by atoms with Crippen LogP contribution in [0.5, 0.6) is 0 Å². The lowest BCUT2D eigenvalue weighted by Crippen LogP contribution is -2.05. The van der Waals surface area contributed by atoms with E-state index in [9.17, 15) is 4.79 Å². The molecule has 1 heterocycles. The van der Waals surface area contributed by atoms with Crippen LogP contribution in [0.3, 0.4) is 0 Å². The lowest BCUT2D eigenvalue weighted by atomic mass is 10.1. The van der Waals surface area contributed by atoms with E-state index in [1.807, 2.05) is 24.6 Å². The Labute approximate surface area is 114 Å². The number of ketones is 1. The van der Waals surface area contributed by atoms with E-state index in [0.717, 1.165) is 36.3 Å². The zero-order valence-corrected chi connectivity index (χ0v) is 11.8. The third-order valence-corrected chi connectivity index (χ3v) is 3.41. The summed E-state index contributed by atoms with van der Waals surface area (Å²) in [6, 6.07) is 10.4. The second-order valence-corrected chi connectivity index (χ2v) is 4.91. The number of carbonyl (C=O) groups is 1. The molecule has 0 radical (unpaired) electrons. The molecule has 0 aliphatic carbocycles. The third kappa shape index (κ3) is 3.11. The van der Waals surface area contributed by atoms with Crippen molar-refractivity contribution >= 4 is 5.78 Å². The third-order valence-electron chi connectivity index (χ3n) is 3.41. The number of nitrogens with zero attached hydrogens (tertiary/aromatic N) is 2. The van der Waals surface area contributed by atoms with Crippen LogP contribution in [-0.4, -0.2) is 15.6 Å². The highest BCUT2D eigenvalue weighted by atomic mass is 16.1. The first-order chi connectivity index (χ1) is 9.09. The Balaban J connectivity index is 2.01. The molecular formula is C16H20N2O. The van der Waals surface area contributed by atoms with Gasteiger partial charge in [-0.25, -0.2) is 0 Å². The maximum absolute atomic E-state index is 11.5. The van der Waals surface area contributed by atoms with Crippen molar-refractivity contribution in [2.24, 2.45) is 0 Å². The molecule has 3 heteroatoms. The van der Waals surface area contributed by atoms with E-state index in [1.165, 1.54) is 5.56 Å². The number of rotatable bonds is 5. The smallest absolute Gasteiger partial charge is 0.163 e. The summed E-state index contributed by atoms with van der Waals surface area (Å²) in [4.78, 5) is 11.5. The summed E-state index contributed by atoms with van der Waals surface area (Å²) in [6.45, 7) is 6.33. The zero-order chi connectivity index (χ0) is 13.8. The van der Waals surface area contributed by atoms with Gasteiger partial charge in [0.1, 0.15) is 0 Å². The lowest BCUT2D eigenvalue weighted by molar-refractivity contribution is 0.101. The molecule has 0 spiro atoms. The molecule has 0 unspecified atom stereocenters. The molecule has 1 aromatic carbocycles. The van der Waals surface area contributed by atoms with E-state index < -0.39 is 0 Å². The number of Topliss-reactive ketones (excluding diaryl/α,β-unsaturated/α-hetero) is 1. The minimum absolute atomic E-state index is 0.101. The molecule has 2 rings (SSSR count). The van der Waals surface area contributed by atoms with E-state index >= 15 is 0 Å². The van der Waals surface area contributed by atoms with Gasteiger partial charge in [-0.05, 0) is 39.2 Å². The first-order valence-corrected chi connectivity index (χ1v) is 6.68. The molecule has 0 aliphatic heterocycles. The van der Waals surface area contributed by atoms with Crippen LogP contribution in [0, 0.1) is 13.8 Å². The molecule has 0 fully saturated rings. The number of aryl methyl sites for hydroxylation is 3. The van der Waals surface area contributed by atoms with Gasteiger partial charge in [0.25, 0.3) is 0 Å². The predicted molar refractivity (Wildman–Crippen MR) is 76.5 cm³/mol. The fraction of sp³-hybridized carbons (Fsp3) is 0.375. The van der Waals surface area contributed by atoms with Crippen LogP contribution in [0.2, 0.25) is 0 Å². The van der Waals surface area contributed by atoms with Gasteiger partial charge in [0.2, 0.25) is 0 Å². The zero-order valence-electron chi connectivity index (χ0n) is 11.8. The van der Waals surface area contributed by atoms with Crippen LogP contribution in [0.25, 0.3) is 0 Å². The van der Waals surface area contributed by atoms with Crippen molar-refractivity contribution in [3.05, 3.63) is 52.8 Å². The summed E-state index contributed by atoms with van der Waals surface area (Å²) in [5.41, 5.74) is 3.94. The summed E-state index contributed by atoms with van der Waals surface area (Å²) in [6.07, 6.45) is 2.07. The Morgan fingerprint density at radius 1 is 1.21 bits per heavy atom. The summed E-state index contributed by atoms with van der Waals surface area (Å²) >= 11 is 0. The molecule has 0 bridgehead atoms. The van der Waals surface area contributed by atoms with Gasteiger partial charge in [0.05, 0.1) is 11.3 Å². The average Bonchev–Trinajstić information content (AvgIpc) is 2.66. The van der Waals surface area contributed by atoms with Gasteiger partial charge in [-0.15, -0.1) is 0 Å². The van der Waals surface area contributed by atoms with Crippen molar-refractivity contribution in [1.82, 2.24) is 9.78 Å². The highest BCUT2D eigenvalue weighted by Gasteiger charge is 2.14. The first kappa shape index (κ1) is 13.5. The minimum atomic E-state index is 0.101. The Morgan fingerprint density at radius 3 is 2.47 bits per heavy atom. The van der Waals surface area contributed by atoms with Crippen LogP contribution in [0.1, 0.15) is 40.7 Å². The van der Waals surface area contributed by atoms with Gasteiger partial charge < -0.3 is 0 Å². The summed E-state index contributed by atoms with van der Waals surface area (Å²) in [5, 5.41) is 4.46. The SMILES string of the molecule is CC(=O)c1c(C)nn(CCCc2ccccc2)c1C. The topological polar surface area (TPSA) is 34.9 Å². The van der Waals surface area contributed by atoms with Crippen molar-refractivity contribution in [3.63, 3.8) is 0 Å². The van der Waals surface area contributed by atoms with Gasteiger partial charge in [0, 0.05) is 12.2 Å². The molecule has 3 nitrogen and oxygen atoms in total. The minimum Gasteiger partial charge on any atom is -0.294 e. The van der Waals surface area contributed by atoms with Crippen molar-refractivity contribution in [3.8, 4) is 0 Å². The number of benzene rings is 1. The number of aromatic nitrogens is 2. The lowest BCUT2D eigenvalue weighted by Gasteiger charge is -2.05. The molecule has 0 saturated carbocycles. The van der Waals surface area contributed by atoms with Crippen LogP contribution < -0.4 is 0 Å². The largest absolute Gasteiger partial charge is 0.294 e. The molecular weight excluding hydrogens is 236 g/mol. The number of hydrogen-bond acceptors (Lipinski definition) is 2. The van der Waals surface area contributed by atoms with Crippen molar-refractivity contribution in [1.29, 1.82) is 0 Å². The van der Waals surface area contributed by atoms with E-state index in [4.69, 9.17) is 0 Å². The number of carbonyl (C=O) groups excluding carboxylic acids is 1. The Bertz CT molecular complexity index is 570. The van der Waals surface area contributed by atoms with Gasteiger partial charge in [0.15, 0.2) is 5.78 Å². The van der Waals surface area contributed by atoms with E-state index in [-0.39, 0.29) is 5.78 Å². The highest BCUT2D eigenvalue weighted by molar-refractivity contribution is 5.96. The van der Waals surface area contributed by atoms with E-state index in [0.29, 0.717) is 0 Å². The van der Waals surface area contributed by atoms with Crippen molar-refractivity contribution < 1.29 is 4.79 Å². The van der Waals surface area contributed by atoms with Crippen molar-refractivity contribution in [2.75, 3.05) is 0 Å². The molecule has 0 saturated heterocycles. The molecule has 0 amide bonds. The average molecular weight is 256 g/mol. The molecule has 0 N–H and O–H groups in total. The van der Waals surface area contributed by atoms with Crippen molar-refractivity contribution in [2.45, 2.75) is 40.2 Å². The number of hydrogen-bond donors (Lipinski definition) is 0. The van der Waals surface area contributed by atoms with Gasteiger partial charge in [-0.1, -0.05) is 30.3 Å². The van der Waals surface area contributed by atoms with E-state index in [2.05, 4.69) is 29.4 Å². The van der Waals surface area contributed by atoms with Crippen LogP contribution in [-0.2, 0) is 13.0 Å². The monoisotopic (exact) mass is 256 g/mol. The predicted octanol–water partition coefficient (Wildman–Crippen LogP) is 3.34. The second-order valence-electron chi connectivity index (χ2n) is 4.91. The summed E-state index contributed by atoms with van der Waals surface area (Å²) < 4.78 is 1.95. The van der Waals surface area contributed by atoms with Crippen LogP contribution in [0.15, 0.2) is 30.3 Å². The highest BCUT2D eigenvalue weighted by Crippen LogP contribution is 2.14. The second kappa shape index (κ2) is 5.83. The summed E-state index contributed by atoms with van der Waals surface area (Å²) in [7, 11) is 0. The Kier molecular flexibility index (Phi) is 4.15. The summed E-state index contributed by atoms with van der Waals surface area (Å²) in [5.74, 6) is 0.101. The maximum atomic E-state index is 11.5. The fourth-order valence-electron chi connectivity index (χ4n) is 2.50. The molecule has 0 aliphatic rings. The normalized spacial score (nSPS) is 10.7. The Hall–Kier alpha value is -1.90. The van der Waals surface area contributed by atoms with Crippen LogP contribution in [0.4, 0.5) is 0 Å². The standard InChI is InChI=1S/C16H20N2O/c1-12-16(14(3)19)13(2)18(17-12)11-7-10-15-8-5-4-6-9-15/h4-6,8-9H,7,10-11H2,1-3H3. The first-order valence-electron chi connectivity index (χ1n) is 6.68. The molecule has 100 valence electrons. The quantitative estimate of drug-likeness (QED) is 0.769.